The predicted octanol–water partition coefficient (Wildman–Crippen LogP) is 3.88. The molecule has 1 fully saturated rings. The summed E-state index contributed by atoms with van der Waals surface area (Å²) in [6.45, 7) is 8.30. The van der Waals surface area contributed by atoms with Crippen LogP contribution in [0.1, 0.15) is 74.2 Å². The molecule has 174 valence electrons. The topological polar surface area (TPSA) is 142 Å². The lowest BCUT2D eigenvalue weighted by molar-refractivity contribution is -0.115. The number of benzene rings is 1. The summed E-state index contributed by atoms with van der Waals surface area (Å²) in [5.74, 6) is 1.03. The fourth-order valence-electron chi connectivity index (χ4n) is 4.46. The second-order valence-corrected chi connectivity index (χ2v) is 9.82. The highest BCUT2D eigenvalue weighted by molar-refractivity contribution is 6.03. The fourth-order valence-corrected chi connectivity index (χ4v) is 4.46. The molecule has 4 rings (SSSR count). The SMILES string of the molecule is CC(C)n1nc(-c2ccc(CC(=O)Nc3cc(C4CC(C)(C)C4)on3)cc2)c(C(N)=O)c1N. The van der Waals surface area contributed by atoms with Gasteiger partial charge in [0.1, 0.15) is 22.8 Å². The molecule has 1 aromatic carbocycles. The molecule has 1 aliphatic carbocycles. The largest absolute Gasteiger partial charge is 0.383 e. The van der Waals surface area contributed by atoms with Crippen molar-refractivity contribution >= 4 is 23.5 Å². The molecule has 1 aliphatic rings. The molecule has 0 atom stereocenters. The second-order valence-electron chi connectivity index (χ2n) is 9.82. The molecular weight excluding hydrogens is 420 g/mol. The van der Waals surface area contributed by atoms with Gasteiger partial charge in [-0.15, -0.1) is 0 Å². The molecule has 9 nitrogen and oxygen atoms in total. The van der Waals surface area contributed by atoms with Gasteiger partial charge in [-0.2, -0.15) is 5.10 Å². The molecule has 0 aliphatic heterocycles. The summed E-state index contributed by atoms with van der Waals surface area (Å²) >= 11 is 0. The first-order chi connectivity index (χ1) is 15.5. The number of nitrogens with zero attached hydrogens (tertiary/aromatic N) is 3. The Kier molecular flexibility index (Phi) is 5.73. The Bertz CT molecular complexity index is 1180. The average Bonchev–Trinajstić information content (AvgIpc) is 3.30. The van der Waals surface area contributed by atoms with Crippen LogP contribution in [-0.2, 0) is 11.2 Å². The summed E-state index contributed by atoms with van der Waals surface area (Å²) in [4.78, 5) is 24.4. The van der Waals surface area contributed by atoms with Crippen LogP contribution in [0.25, 0.3) is 11.3 Å². The first kappa shape index (κ1) is 22.6. The van der Waals surface area contributed by atoms with E-state index in [1.165, 1.54) is 0 Å². The summed E-state index contributed by atoms with van der Waals surface area (Å²) in [5.41, 5.74) is 14.1. The molecule has 2 aromatic heterocycles. The van der Waals surface area contributed by atoms with Gasteiger partial charge in [0, 0.05) is 23.6 Å². The van der Waals surface area contributed by atoms with E-state index in [0.717, 1.165) is 24.2 Å². The highest BCUT2D eigenvalue weighted by Crippen LogP contribution is 2.50. The van der Waals surface area contributed by atoms with Crippen LogP contribution >= 0.6 is 0 Å². The Morgan fingerprint density at radius 2 is 1.91 bits per heavy atom. The number of amides is 2. The van der Waals surface area contributed by atoms with Crippen LogP contribution in [-0.4, -0.2) is 26.8 Å². The molecule has 0 radical (unpaired) electrons. The summed E-state index contributed by atoms with van der Waals surface area (Å²) in [5, 5.41) is 11.2. The van der Waals surface area contributed by atoms with Gasteiger partial charge in [0.2, 0.25) is 5.91 Å². The van der Waals surface area contributed by atoms with E-state index in [0.29, 0.717) is 28.4 Å². The molecule has 0 bridgehead atoms. The van der Waals surface area contributed by atoms with Crippen molar-refractivity contribution in [1.29, 1.82) is 0 Å². The van der Waals surface area contributed by atoms with Crippen molar-refractivity contribution in [2.24, 2.45) is 11.1 Å². The van der Waals surface area contributed by atoms with Crippen LogP contribution < -0.4 is 16.8 Å². The Hall–Kier alpha value is -3.62. The second kappa shape index (κ2) is 8.38. The fraction of sp³-hybridized carbons (Fsp3) is 0.417. The van der Waals surface area contributed by atoms with Gasteiger partial charge in [0.05, 0.1) is 6.42 Å². The van der Waals surface area contributed by atoms with E-state index in [2.05, 4.69) is 29.4 Å². The van der Waals surface area contributed by atoms with E-state index < -0.39 is 5.91 Å². The zero-order valence-electron chi connectivity index (χ0n) is 19.4. The van der Waals surface area contributed by atoms with Gasteiger partial charge < -0.3 is 21.3 Å². The van der Waals surface area contributed by atoms with E-state index in [1.54, 1.807) is 16.8 Å². The van der Waals surface area contributed by atoms with Crippen LogP contribution in [0.4, 0.5) is 11.6 Å². The number of nitrogens with two attached hydrogens (primary N) is 2. The number of hydrogen-bond acceptors (Lipinski definition) is 6. The lowest BCUT2D eigenvalue weighted by Gasteiger charge is -2.41. The van der Waals surface area contributed by atoms with Crippen molar-refractivity contribution in [2.45, 2.75) is 58.9 Å². The monoisotopic (exact) mass is 450 g/mol. The highest BCUT2D eigenvalue weighted by atomic mass is 16.5. The van der Waals surface area contributed by atoms with E-state index in [9.17, 15) is 9.59 Å². The van der Waals surface area contributed by atoms with Crippen LogP contribution in [0.5, 0.6) is 0 Å². The van der Waals surface area contributed by atoms with Gasteiger partial charge in [0.25, 0.3) is 5.91 Å². The number of hydrogen-bond donors (Lipinski definition) is 3. The standard InChI is InChI=1S/C24H30N6O3/c1-13(2)30-22(25)20(23(26)32)21(28-30)15-7-5-14(6-8-15)9-19(31)27-18-10-17(33-29-18)16-11-24(3,4)12-16/h5-8,10,13,16H,9,11-12,25H2,1-4H3,(H2,26,32)(H,27,29,31). The number of carbonyl (C=O) groups is 2. The highest BCUT2D eigenvalue weighted by Gasteiger charge is 2.39. The third kappa shape index (κ3) is 4.62. The Morgan fingerprint density at radius 3 is 2.48 bits per heavy atom. The third-order valence-electron chi connectivity index (χ3n) is 6.07. The molecule has 0 unspecified atom stereocenters. The first-order valence-corrected chi connectivity index (χ1v) is 11.1. The minimum Gasteiger partial charge on any atom is -0.383 e. The normalized spacial score (nSPS) is 15.4. The molecule has 2 heterocycles. The maximum atomic E-state index is 12.5. The average molecular weight is 451 g/mol. The van der Waals surface area contributed by atoms with E-state index >= 15 is 0 Å². The minimum atomic E-state index is -0.629. The number of nitrogens with one attached hydrogen (secondary N) is 1. The quantitative estimate of drug-likeness (QED) is 0.498. The van der Waals surface area contributed by atoms with Crippen molar-refractivity contribution in [2.75, 3.05) is 11.1 Å². The number of carbonyl (C=O) groups excluding carboxylic acids is 2. The maximum Gasteiger partial charge on any atom is 0.254 e. The number of aromatic nitrogens is 3. The van der Waals surface area contributed by atoms with Gasteiger partial charge in [-0.3, -0.25) is 9.59 Å². The van der Waals surface area contributed by atoms with Gasteiger partial charge in [0.15, 0.2) is 5.82 Å². The van der Waals surface area contributed by atoms with Crippen LogP contribution in [0.2, 0.25) is 0 Å². The van der Waals surface area contributed by atoms with E-state index in [-0.39, 0.29) is 29.8 Å². The van der Waals surface area contributed by atoms with Crippen molar-refractivity contribution in [1.82, 2.24) is 14.9 Å². The number of rotatable bonds is 7. The number of anilines is 2. The van der Waals surface area contributed by atoms with Gasteiger partial charge in [-0.05, 0) is 37.7 Å². The molecule has 1 saturated carbocycles. The zero-order chi connectivity index (χ0) is 23.9. The lowest BCUT2D eigenvalue weighted by Crippen LogP contribution is -2.29. The third-order valence-corrected chi connectivity index (χ3v) is 6.07. The van der Waals surface area contributed by atoms with Crippen LogP contribution in [0, 0.1) is 5.41 Å². The molecule has 2 amide bonds. The van der Waals surface area contributed by atoms with Crippen LogP contribution in [0.15, 0.2) is 34.9 Å². The molecule has 9 heteroatoms. The molecular formula is C24H30N6O3. The predicted molar refractivity (Wildman–Crippen MR) is 126 cm³/mol. The summed E-state index contributed by atoms with van der Waals surface area (Å²) in [6.07, 6.45) is 2.28. The van der Waals surface area contributed by atoms with Crippen molar-refractivity contribution in [3.63, 3.8) is 0 Å². The Labute approximate surface area is 192 Å². The molecule has 0 spiro atoms. The summed E-state index contributed by atoms with van der Waals surface area (Å²) in [7, 11) is 0. The lowest BCUT2D eigenvalue weighted by atomic mass is 9.64. The van der Waals surface area contributed by atoms with E-state index in [1.807, 2.05) is 32.0 Å². The van der Waals surface area contributed by atoms with Gasteiger partial charge in [-0.25, -0.2) is 4.68 Å². The van der Waals surface area contributed by atoms with Crippen LogP contribution in [0.3, 0.4) is 0 Å². The Morgan fingerprint density at radius 1 is 1.24 bits per heavy atom. The number of primary amides is 1. The van der Waals surface area contributed by atoms with Gasteiger partial charge >= 0.3 is 0 Å². The summed E-state index contributed by atoms with van der Waals surface area (Å²) < 4.78 is 6.99. The summed E-state index contributed by atoms with van der Waals surface area (Å²) in [6, 6.07) is 9.01. The van der Waals surface area contributed by atoms with Crippen molar-refractivity contribution in [3.8, 4) is 11.3 Å². The maximum absolute atomic E-state index is 12.5. The van der Waals surface area contributed by atoms with Crippen molar-refractivity contribution in [3.05, 3.63) is 47.2 Å². The number of nitrogen functional groups attached to an aromatic ring is 1. The molecule has 33 heavy (non-hydrogen) atoms. The minimum absolute atomic E-state index is 0.0207. The Balaban J connectivity index is 1.42. The molecule has 3 aromatic rings. The molecule has 0 saturated heterocycles. The van der Waals surface area contributed by atoms with Gasteiger partial charge in [-0.1, -0.05) is 43.3 Å². The molecule has 5 N–H and O–H groups in total. The van der Waals surface area contributed by atoms with E-state index in [4.69, 9.17) is 16.0 Å². The zero-order valence-corrected chi connectivity index (χ0v) is 19.4. The first-order valence-electron chi connectivity index (χ1n) is 11.1. The smallest absolute Gasteiger partial charge is 0.254 e. The van der Waals surface area contributed by atoms with Crippen molar-refractivity contribution < 1.29 is 14.1 Å².